The minimum Gasteiger partial charge on any atom is -0.480 e. The normalized spacial score (nSPS) is 15.0. The first-order chi connectivity index (χ1) is 9.99. The molecule has 0 aromatic heterocycles. The van der Waals surface area contributed by atoms with Crippen molar-refractivity contribution in [3.05, 3.63) is 0 Å². The molecule has 0 radical (unpaired) electrons. The summed E-state index contributed by atoms with van der Waals surface area (Å²) in [5.41, 5.74) is 0. The van der Waals surface area contributed by atoms with Crippen LogP contribution in [0, 0.1) is 0 Å². The molecule has 0 aromatic carbocycles. The number of carboxylic acid groups (broad SMARTS) is 1. The van der Waals surface area contributed by atoms with Crippen LogP contribution in [0.5, 0.6) is 0 Å². The largest absolute Gasteiger partial charge is 0.480 e. The Morgan fingerprint density at radius 2 is 1.76 bits per heavy atom. The molecule has 8 nitrogen and oxygen atoms in total. The molecule has 1 aliphatic rings. The molecule has 1 rings (SSSR count). The van der Waals surface area contributed by atoms with Crippen LogP contribution in [-0.2, 0) is 9.59 Å². The van der Waals surface area contributed by atoms with Crippen molar-refractivity contribution >= 4 is 17.9 Å². The van der Waals surface area contributed by atoms with E-state index in [1.165, 1.54) is 25.7 Å². The zero-order valence-electron chi connectivity index (χ0n) is 12.4. The number of urea groups is 1. The SMILES string of the molecule is CN(CCNC(=O)NCC(=O)NCC(=O)O)C1CCCC1. The van der Waals surface area contributed by atoms with Gasteiger partial charge in [-0.25, -0.2) is 4.79 Å². The molecule has 0 aliphatic heterocycles. The lowest BCUT2D eigenvalue weighted by Gasteiger charge is -2.23. The Hall–Kier alpha value is -1.83. The second-order valence-corrected chi connectivity index (χ2v) is 5.20. The van der Waals surface area contributed by atoms with Crippen molar-refractivity contribution in [1.29, 1.82) is 0 Å². The van der Waals surface area contributed by atoms with E-state index in [1.807, 2.05) is 0 Å². The molecule has 0 bridgehead atoms. The zero-order valence-corrected chi connectivity index (χ0v) is 12.4. The molecule has 120 valence electrons. The van der Waals surface area contributed by atoms with Gasteiger partial charge in [0.15, 0.2) is 0 Å². The number of likely N-dealkylation sites (N-methyl/N-ethyl adjacent to an activating group) is 1. The van der Waals surface area contributed by atoms with E-state index >= 15 is 0 Å². The van der Waals surface area contributed by atoms with Gasteiger partial charge in [-0.05, 0) is 19.9 Å². The monoisotopic (exact) mass is 300 g/mol. The Kier molecular flexibility index (Phi) is 7.52. The van der Waals surface area contributed by atoms with Gasteiger partial charge in [0.2, 0.25) is 5.91 Å². The third-order valence-corrected chi connectivity index (χ3v) is 3.54. The van der Waals surface area contributed by atoms with Crippen molar-refractivity contribution in [2.45, 2.75) is 31.7 Å². The van der Waals surface area contributed by atoms with Crippen LogP contribution < -0.4 is 16.0 Å². The van der Waals surface area contributed by atoms with Gasteiger partial charge in [-0.3, -0.25) is 9.59 Å². The molecule has 21 heavy (non-hydrogen) atoms. The molecular formula is C13H24N4O4. The van der Waals surface area contributed by atoms with Crippen molar-refractivity contribution in [2.24, 2.45) is 0 Å². The molecule has 0 unspecified atom stereocenters. The highest BCUT2D eigenvalue weighted by Gasteiger charge is 2.18. The molecule has 0 atom stereocenters. The van der Waals surface area contributed by atoms with Crippen molar-refractivity contribution in [1.82, 2.24) is 20.9 Å². The van der Waals surface area contributed by atoms with E-state index in [0.29, 0.717) is 12.6 Å². The fourth-order valence-corrected chi connectivity index (χ4v) is 2.33. The van der Waals surface area contributed by atoms with E-state index in [1.54, 1.807) is 0 Å². The average Bonchev–Trinajstić information content (AvgIpc) is 2.97. The van der Waals surface area contributed by atoms with Crippen LogP contribution in [0.25, 0.3) is 0 Å². The first kappa shape index (κ1) is 17.2. The Morgan fingerprint density at radius 1 is 1.10 bits per heavy atom. The lowest BCUT2D eigenvalue weighted by Crippen LogP contribution is -2.45. The molecule has 0 spiro atoms. The number of carbonyl (C=O) groups excluding carboxylic acids is 2. The second-order valence-electron chi connectivity index (χ2n) is 5.20. The Morgan fingerprint density at radius 3 is 2.38 bits per heavy atom. The van der Waals surface area contributed by atoms with Crippen molar-refractivity contribution < 1.29 is 19.5 Å². The van der Waals surface area contributed by atoms with Crippen LogP contribution in [-0.4, -0.2) is 67.2 Å². The highest BCUT2D eigenvalue weighted by Crippen LogP contribution is 2.21. The maximum Gasteiger partial charge on any atom is 0.322 e. The van der Waals surface area contributed by atoms with Gasteiger partial charge in [0.1, 0.15) is 6.54 Å². The molecule has 8 heteroatoms. The van der Waals surface area contributed by atoms with Crippen LogP contribution in [0.15, 0.2) is 0 Å². The van der Waals surface area contributed by atoms with Crippen LogP contribution in [0.1, 0.15) is 25.7 Å². The molecule has 4 N–H and O–H groups in total. The lowest BCUT2D eigenvalue weighted by molar-refractivity contribution is -0.137. The van der Waals surface area contributed by atoms with Gasteiger partial charge < -0.3 is 26.0 Å². The Labute approximate surface area is 124 Å². The van der Waals surface area contributed by atoms with E-state index in [9.17, 15) is 14.4 Å². The minimum atomic E-state index is -1.12. The molecule has 0 aromatic rings. The van der Waals surface area contributed by atoms with Gasteiger partial charge in [-0.15, -0.1) is 0 Å². The van der Waals surface area contributed by atoms with Crippen LogP contribution in [0.4, 0.5) is 4.79 Å². The fourth-order valence-electron chi connectivity index (χ4n) is 2.33. The van der Waals surface area contributed by atoms with Gasteiger partial charge in [-0.1, -0.05) is 12.8 Å². The van der Waals surface area contributed by atoms with Crippen molar-refractivity contribution in [2.75, 3.05) is 33.2 Å². The van der Waals surface area contributed by atoms with E-state index in [2.05, 4.69) is 27.9 Å². The number of carbonyl (C=O) groups is 3. The first-order valence-corrected chi connectivity index (χ1v) is 7.19. The van der Waals surface area contributed by atoms with E-state index in [-0.39, 0.29) is 6.54 Å². The highest BCUT2D eigenvalue weighted by molar-refractivity contribution is 5.86. The lowest BCUT2D eigenvalue weighted by atomic mass is 10.2. The quantitative estimate of drug-likeness (QED) is 0.476. The molecule has 1 saturated carbocycles. The van der Waals surface area contributed by atoms with Crippen molar-refractivity contribution in [3.63, 3.8) is 0 Å². The third kappa shape index (κ3) is 7.50. The Balaban J connectivity index is 2.05. The summed E-state index contributed by atoms with van der Waals surface area (Å²) in [6, 6.07) is 0.178. The smallest absolute Gasteiger partial charge is 0.322 e. The van der Waals surface area contributed by atoms with Gasteiger partial charge in [0.05, 0.1) is 6.54 Å². The Bertz CT molecular complexity index is 369. The van der Waals surface area contributed by atoms with E-state index in [4.69, 9.17) is 5.11 Å². The number of hydrogen-bond acceptors (Lipinski definition) is 4. The highest BCUT2D eigenvalue weighted by atomic mass is 16.4. The predicted molar refractivity (Wildman–Crippen MR) is 76.9 cm³/mol. The average molecular weight is 300 g/mol. The number of nitrogens with one attached hydrogen (secondary N) is 3. The molecule has 1 aliphatic carbocycles. The summed E-state index contributed by atoms with van der Waals surface area (Å²) in [6.07, 6.45) is 4.97. The van der Waals surface area contributed by atoms with Crippen LogP contribution >= 0.6 is 0 Å². The van der Waals surface area contributed by atoms with E-state index < -0.39 is 24.5 Å². The number of rotatable bonds is 8. The summed E-state index contributed by atoms with van der Waals surface area (Å²) >= 11 is 0. The van der Waals surface area contributed by atoms with Gasteiger partial charge in [-0.2, -0.15) is 0 Å². The van der Waals surface area contributed by atoms with E-state index in [0.717, 1.165) is 6.54 Å². The number of nitrogens with zero attached hydrogens (tertiary/aromatic N) is 1. The summed E-state index contributed by atoms with van der Waals surface area (Å²) in [5, 5.41) is 15.6. The molecular weight excluding hydrogens is 276 g/mol. The van der Waals surface area contributed by atoms with Crippen LogP contribution in [0.2, 0.25) is 0 Å². The third-order valence-electron chi connectivity index (χ3n) is 3.54. The number of hydrogen-bond donors (Lipinski definition) is 4. The zero-order chi connectivity index (χ0) is 15.7. The first-order valence-electron chi connectivity index (χ1n) is 7.19. The van der Waals surface area contributed by atoms with Gasteiger partial charge in [0, 0.05) is 19.1 Å². The van der Waals surface area contributed by atoms with Gasteiger partial charge in [0.25, 0.3) is 0 Å². The molecule has 1 fully saturated rings. The topological polar surface area (TPSA) is 111 Å². The predicted octanol–water partition coefficient (Wildman–Crippen LogP) is -0.639. The molecule has 0 heterocycles. The van der Waals surface area contributed by atoms with Crippen LogP contribution in [0.3, 0.4) is 0 Å². The van der Waals surface area contributed by atoms with Crippen molar-refractivity contribution in [3.8, 4) is 0 Å². The standard InChI is InChI=1S/C13H24N4O4/c1-17(10-4-2-3-5-10)7-6-14-13(21)16-8-11(18)15-9-12(19)20/h10H,2-9H2,1H3,(H,15,18)(H,19,20)(H2,14,16,21). The number of carboxylic acids is 1. The minimum absolute atomic E-state index is 0.239. The maximum atomic E-state index is 11.5. The molecule has 0 saturated heterocycles. The summed E-state index contributed by atoms with van der Waals surface area (Å²) < 4.78 is 0. The maximum absolute atomic E-state index is 11.5. The summed E-state index contributed by atoms with van der Waals surface area (Å²) in [5.74, 6) is -1.65. The second kappa shape index (κ2) is 9.17. The number of aliphatic carboxylic acids is 1. The van der Waals surface area contributed by atoms with Gasteiger partial charge >= 0.3 is 12.0 Å². The summed E-state index contributed by atoms with van der Waals surface area (Å²) in [7, 11) is 2.05. The fraction of sp³-hybridized carbons (Fsp3) is 0.769. The molecule has 3 amide bonds. The summed E-state index contributed by atoms with van der Waals surface area (Å²) in [4.78, 5) is 35.1. The summed E-state index contributed by atoms with van der Waals surface area (Å²) in [6.45, 7) is 0.588. The number of amides is 3.